The van der Waals surface area contributed by atoms with Gasteiger partial charge in [-0.2, -0.15) is 0 Å². The molecule has 1 aromatic rings. The topological polar surface area (TPSA) is 29.5 Å². The Morgan fingerprint density at radius 3 is 2.47 bits per heavy atom. The van der Waals surface area contributed by atoms with Gasteiger partial charge in [0.05, 0.1) is 6.10 Å². The van der Waals surface area contributed by atoms with E-state index in [0.717, 1.165) is 23.3 Å². The van der Waals surface area contributed by atoms with Gasteiger partial charge in [-0.3, -0.25) is 0 Å². The Morgan fingerprint density at radius 2 is 2.00 bits per heavy atom. The van der Waals surface area contributed by atoms with Crippen molar-refractivity contribution < 1.29 is 9.84 Å². The van der Waals surface area contributed by atoms with Crippen molar-refractivity contribution in [2.45, 2.75) is 26.4 Å². The first-order chi connectivity index (χ1) is 7.13. The molecule has 1 N–H and O–H groups in total. The minimum absolute atomic E-state index is 0.426. The number of hydrogen-bond donors (Lipinski definition) is 1. The standard InChI is InChI=1S/C13H18O2/c1-4-10(2)9-15-13-7-5-12(6-8-13)11(3)14/h5-8,11,14H,2,4,9H2,1,3H3/t11-/m1/s1. The summed E-state index contributed by atoms with van der Waals surface area (Å²) in [5.74, 6) is 0.814. The summed E-state index contributed by atoms with van der Waals surface area (Å²) in [6.07, 6.45) is 0.510. The quantitative estimate of drug-likeness (QED) is 0.750. The second kappa shape index (κ2) is 5.56. The van der Waals surface area contributed by atoms with Crippen molar-refractivity contribution in [3.8, 4) is 5.75 Å². The molecule has 0 aliphatic carbocycles. The van der Waals surface area contributed by atoms with Crippen LogP contribution in [0.25, 0.3) is 0 Å². The summed E-state index contributed by atoms with van der Waals surface area (Å²) in [6.45, 7) is 8.23. The van der Waals surface area contributed by atoms with Crippen LogP contribution in [0.1, 0.15) is 31.9 Å². The first-order valence-corrected chi connectivity index (χ1v) is 5.21. The summed E-state index contributed by atoms with van der Waals surface area (Å²) in [5.41, 5.74) is 1.98. The maximum atomic E-state index is 9.32. The van der Waals surface area contributed by atoms with E-state index in [0.29, 0.717) is 6.61 Å². The predicted octanol–water partition coefficient (Wildman–Crippen LogP) is 3.08. The fourth-order valence-electron chi connectivity index (χ4n) is 1.13. The van der Waals surface area contributed by atoms with Crippen molar-refractivity contribution in [2.24, 2.45) is 0 Å². The van der Waals surface area contributed by atoms with Gasteiger partial charge >= 0.3 is 0 Å². The molecule has 1 rings (SSSR count). The van der Waals surface area contributed by atoms with Crippen LogP contribution in [0.4, 0.5) is 0 Å². The fourth-order valence-corrected chi connectivity index (χ4v) is 1.13. The second-order valence-electron chi connectivity index (χ2n) is 3.64. The molecule has 0 fully saturated rings. The Labute approximate surface area is 91.2 Å². The SMILES string of the molecule is C=C(CC)COc1ccc([C@@H](C)O)cc1. The molecular weight excluding hydrogens is 188 g/mol. The number of aliphatic hydroxyl groups excluding tert-OH is 1. The molecule has 0 amide bonds. The van der Waals surface area contributed by atoms with E-state index in [4.69, 9.17) is 4.74 Å². The summed E-state index contributed by atoms with van der Waals surface area (Å²) >= 11 is 0. The van der Waals surface area contributed by atoms with Gasteiger partial charge < -0.3 is 9.84 Å². The summed E-state index contributed by atoms with van der Waals surface area (Å²) < 4.78 is 5.51. The molecule has 82 valence electrons. The van der Waals surface area contributed by atoms with E-state index in [1.807, 2.05) is 24.3 Å². The normalized spacial score (nSPS) is 12.2. The van der Waals surface area contributed by atoms with Crippen LogP contribution in [0.3, 0.4) is 0 Å². The highest BCUT2D eigenvalue weighted by molar-refractivity contribution is 5.28. The van der Waals surface area contributed by atoms with Gasteiger partial charge in [-0.15, -0.1) is 0 Å². The minimum Gasteiger partial charge on any atom is -0.489 e. The molecule has 2 heteroatoms. The van der Waals surface area contributed by atoms with Crippen LogP contribution in [0.5, 0.6) is 5.75 Å². The lowest BCUT2D eigenvalue weighted by molar-refractivity contribution is 0.199. The van der Waals surface area contributed by atoms with E-state index < -0.39 is 6.10 Å². The highest BCUT2D eigenvalue weighted by Gasteiger charge is 2.00. The molecule has 0 heterocycles. The zero-order valence-electron chi connectivity index (χ0n) is 9.36. The van der Waals surface area contributed by atoms with Crippen LogP contribution >= 0.6 is 0 Å². The lowest BCUT2D eigenvalue weighted by atomic mass is 10.1. The maximum absolute atomic E-state index is 9.32. The van der Waals surface area contributed by atoms with E-state index in [-0.39, 0.29) is 0 Å². The smallest absolute Gasteiger partial charge is 0.119 e. The van der Waals surface area contributed by atoms with Gasteiger partial charge in [0, 0.05) is 0 Å². The maximum Gasteiger partial charge on any atom is 0.119 e. The Balaban J connectivity index is 2.53. The Morgan fingerprint density at radius 1 is 1.40 bits per heavy atom. The zero-order valence-corrected chi connectivity index (χ0v) is 9.36. The van der Waals surface area contributed by atoms with Gasteiger partial charge in [0.1, 0.15) is 12.4 Å². The lowest BCUT2D eigenvalue weighted by Crippen LogP contribution is -1.99. The molecule has 0 saturated carbocycles. The zero-order chi connectivity index (χ0) is 11.3. The number of aliphatic hydroxyl groups is 1. The molecule has 0 aromatic heterocycles. The largest absolute Gasteiger partial charge is 0.489 e. The summed E-state index contributed by atoms with van der Waals surface area (Å²) in [4.78, 5) is 0. The Hall–Kier alpha value is -1.28. The molecule has 0 aliphatic heterocycles. The first-order valence-electron chi connectivity index (χ1n) is 5.21. The Kier molecular flexibility index (Phi) is 4.37. The van der Waals surface area contributed by atoms with Gasteiger partial charge in [-0.1, -0.05) is 25.6 Å². The molecule has 2 nitrogen and oxygen atoms in total. The minimum atomic E-state index is -0.426. The highest BCUT2D eigenvalue weighted by Crippen LogP contribution is 2.17. The summed E-state index contributed by atoms with van der Waals surface area (Å²) in [7, 11) is 0. The molecule has 0 unspecified atom stereocenters. The first kappa shape index (κ1) is 11.8. The summed E-state index contributed by atoms with van der Waals surface area (Å²) in [6, 6.07) is 7.47. The van der Waals surface area contributed by atoms with E-state index in [2.05, 4.69) is 13.5 Å². The van der Waals surface area contributed by atoms with Crippen LogP contribution in [0.2, 0.25) is 0 Å². The van der Waals surface area contributed by atoms with E-state index in [1.165, 1.54) is 0 Å². The van der Waals surface area contributed by atoms with Crippen molar-refractivity contribution in [1.29, 1.82) is 0 Å². The van der Waals surface area contributed by atoms with Crippen LogP contribution < -0.4 is 4.74 Å². The van der Waals surface area contributed by atoms with Gasteiger partial charge in [0.25, 0.3) is 0 Å². The lowest BCUT2D eigenvalue weighted by Gasteiger charge is -2.09. The third-order valence-corrected chi connectivity index (χ3v) is 2.31. The van der Waals surface area contributed by atoms with Gasteiger partial charge in [0.2, 0.25) is 0 Å². The molecule has 0 saturated heterocycles. The van der Waals surface area contributed by atoms with Gasteiger partial charge in [0.15, 0.2) is 0 Å². The third-order valence-electron chi connectivity index (χ3n) is 2.31. The molecule has 1 atom stereocenters. The molecule has 0 radical (unpaired) electrons. The Bertz CT molecular complexity index is 312. The van der Waals surface area contributed by atoms with Crippen LogP contribution in [-0.2, 0) is 0 Å². The number of hydrogen-bond acceptors (Lipinski definition) is 2. The molecule has 15 heavy (non-hydrogen) atoms. The average molecular weight is 206 g/mol. The number of benzene rings is 1. The van der Waals surface area contributed by atoms with Crippen molar-refractivity contribution in [3.05, 3.63) is 42.0 Å². The van der Waals surface area contributed by atoms with Gasteiger partial charge in [-0.05, 0) is 36.6 Å². The van der Waals surface area contributed by atoms with Crippen LogP contribution in [0.15, 0.2) is 36.4 Å². The van der Waals surface area contributed by atoms with Crippen LogP contribution in [-0.4, -0.2) is 11.7 Å². The number of ether oxygens (including phenoxy) is 1. The summed E-state index contributed by atoms with van der Waals surface area (Å²) in [5, 5.41) is 9.32. The monoisotopic (exact) mass is 206 g/mol. The molecule has 0 bridgehead atoms. The third kappa shape index (κ3) is 3.76. The molecular formula is C13H18O2. The fraction of sp³-hybridized carbons (Fsp3) is 0.385. The van der Waals surface area contributed by atoms with Crippen molar-refractivity contribution in [3.63, 3.8) is 0 Å². The van der Waals surface area contributed by atoms with Gasteiger partial charge in [-0.25, -0.2) is 0 Å². The van der Waals surface area contributed by atoms with Crippen molar-refractivity contribution >= 4 is 0 Å². The molecule has 0 spiro atoms. The van der Waals surface area contributed by atoms with E-state index >= 15 is 0 Å². The predicted molar refractivity (Wildman–Crippen MR) is 62.0 cm³/mol. The average Bonchev–Trinajstić information content (AvgIpc) is 2.26. The van der Waals surface area contributed by atoms with E-state index in [9.17, 15) is 5.11 Å². The molecule has 0 aliphatic rings. The highest BCUT2D eigenvalue weighted by atomic mass is 16.5. The molecule has 1 aromatic carbocycles. The van der Waals surface area contributed by atoms with Crippen LogP contribution in [0, 0.1) is 0 Å². The number of rotatable bonds is 5. The van der Waals surface area contributed by atoms with Crippen molar-refractivity contribution in [1.82, 2.24) is 0 Å². The second-order valence-corrected chi connectivity index (χ2v) is 3.64. The van der Waals surface area contributed by atoms with Crippen molar-refractivity contribution in [2.75, 3.05) is 6.61 Å². The van der Waals surface area contributed by atoms with E-state index in [1.54, 1.807) is 6.92 Å².